The van der Waals surface area contributed by atoms with Gasteiger partial charge in [-0.15, -0.1) is 10.2 Å². The minimum Gasteiger partial charge on any atom is -0.454 e. The summed E-state index contributed by atoms with van der Waals surface area (Å²) in [6, 6.07) is 10.8. The van der Waals surface area contributed by atoms with Gasteiger partial charge in [-0.2, -0.15) is 15.2 Å². The van der Waals surface area contributed by atoms with Crippen LogP contribution in [0.3, 0.4) is 0 Å². The average Bonchev–Trinajstić information content (AvgIpc) is 3.70. The standard InChI is InChI=1S/C20H14N10O6/c1-3-13-15(33-9-31-13)5-11(1)7-21-24-17-18(29-36-28-17)25-26-19-23-20(35-30-19)27-22-8-12-2-4-14-16(6-12)34-10-32-14/h1-8H,9-10H2,(H,24,28)(H,23,27,30)/b21-7+,22-8+,26-25?. The number of benzene rings is 2. The van der Waals surface area contributed by atoms with Gasteiger partial charge >= 0.3 is 12.0 Å². The van der Waals surface area contributed by atoms with E-state index in [1.807, 2.05) is 12.1 Å². The predicted octanol–water partition coefficient (Wildman–Crippen LogP) is 3.22. The van der Waals surface area contributed by atoms with E-state index < -0.39 is 0 Å². The molecule has 0 saturated carbocycles. The molecule has 2 aliphatic heterocycles. The quantitative estimate of drug-likeness (QED) is 0.209. The molecular formula is C20H14N10O6. The van der Waals surface area contributed by atoms with Gasteiger partial charge in [0.2, 0.25) is 19.4 Å². The van der Waals surface area contributed by atoms with Gasteiger partial charge in [-0.1, -0.05) is 0 Å². The van der Waals surface area contributed by atoms with Gasteiger partial charge in [0.25, 0.3) is 5.82 Å². The molecule has 6 rings (SSSR count). The van der Waals surface area contributed by atoms with Crippen LogP contribution in [-0.2, 0) is 0 Å². The molecule has 16 heteroatoms. The van der Waals surface area contributed by atoms with Crippen LogP contribution in [0.25, 0.3) is 0 Å². The third-order valence-corrected chi connectivity index (χ3v) is 4.67. The number of nitrogens with one attached hydrogen (secondary N) is 2. The van der Waals surface area contributed by atoms with Crippen LogP contribution in [0.2, 0.25) is 0 Å². The number of ether oxygens (including phenoxy) is 4. The first-order valence-electron chi connectivity index (χ1n) is 10.3. The maximum atomic E-state index is 5.33. The van der Waals surface area contributed by atoms with E-state index in [1.165, 1.54) is 0 Å². The Bertz CT molecular complexity index is 1480. The van der Waals surface area contributed by atoms with E-state index in [4.69, 9.17) is 23.5 Å². The molecule has 2 aromatic carbocycles. The number of hydrogen-bond donors (Lipinski definition) is 2. The van der Waals surface area contributed by atoms with Gasteiger partial charge in [0.15, 0.2) is 23.0 Å². The monoisotopic (exact) mass is 490 g/mol. The molecule has 4 aromatic rings. The van der Waals surface area contributed by atoms with Crippen LogP contribution in [0, 0.1) is 0 Å². The fourth-order valence-corrected chi connectivity index (χ4v) is 3.03. The third kappa shape index (κ3) is 4.58. The summed E-state index contributed by atoms with van der Waals surface area (Å²) in [6.07, 6.45) is 3.11. The molecule has 0 spiro atoms. The topological polar surface area (TPSA) is 188 Å². The van der Waals surface area contributed by atoms with E-state index in [-0.39, 0.29) is 37.2 Å². The Kier molecular flexibility index (Phi) is 5.47. The molecule has 4 heterocycles. The van der Waals surface area contributed by atoms with E-state index >= 15 is 0 Å². The first-order valence-corrected chi connectivity index (χ1v) is 10.3. The molecule has 0 bridgehead atoms. The summed E-state index contributed by atoms with van der Waals surface area (Å²) in [4.78, 5) is 4.00. The minimum absolute atomic E-state index is 0.00546. The molecule has 0 unspecified atom stereocenters. The highest BCUT2D eigenvalue weighted by molar-refractivity contribution is 5.82. The van der Waals surface area contributed by atoms with Gasteiger partial charge < -0.3 is 23.5 Å². The molecule has 0 aliphatic carbocycles. The molecule has 2 aliphatic rings. The Morgan fingerprint density at radius 2 is 1.39 bits per heavy atom. The highest BCUT2D eigenvalue weighted by Crippen LogP contribution is 2.33. The van der Waals surface area contributed by atoms with E-state index in [9.17, 15) is 0 Å². The van der Waals surface area contributed by atoms with Crippen molar-refractivity contribution < 1.29 is 28.1 Å². The fourth-order valence-electron chi connectivity index (χ4n) is 3.03. The van der Waals surface area contributed by atoms with Gasteiger partial charge in [-0.05, 0) is 63.0 Å². The third-order valence-electron chi connectivity index (χ3n) is 4.67. The Morgan fingerprint density at radius 1 is 0.722 bits per heavy atom. The lowest BCUT2D eigenvalue weighted by molar-refractivity contribution is 0.173. The van der Waals surface area contributed by atoms with Crippen molar-refractivity contribution in [2.45, 2.75) is 0 Å². The number of hydrazone groups is 2. The SMILES string of the molecule is C(=N\Nc1nc(N=Nc2nonc2N/N=C/c2ccc3c(c2)OCO3)no1)/c1ccc2c(c1)OCO2. The van der Waals surface area contributed by atoms with Gasteiger partial charge in [-0.3, -0.25) is 5.43 Å². The number of fused-ring (bicyclic) bond motifs is 2. The summed E-state index contributed by atoms with van der Waals surface area (Å²) in [7, 11) is 0. The normalized spacial score (nSPS) is 13.9. The molecule has 36 heavy (non-hydrogen) atoms. The Labute approximate surface area is 200 Å². The summed E-state index contributed by atoms with van der Waals surface area (Å²) in [5.74, 6) is 2.74. The van der Waals surface area contributed by atoms with Crippen LogP contribution in [0.15, 0.2) is 66.0 Å². The Balaban J connectivity index is 1.04. The van der Waals surface area contributed by atoms with E-state index in [0.29, 0.717) is 23.0 Å². The first kappa shape index (κ1) is 21.0. The lowest BCUT2D eigenvalue weighted by atomic mass is 10.2. The highest BCUT2D eigenvalue weighted by atomic mass is 16.7. The van der Waals surface area contributed by atoms with Crippen molar-refractivity contribution in [2.75, 3.05) is 24.4 Å². The van der Waals surface area contributed by atoms with Crippen molar-refractivity contribution in [3.63, 3.8) is 0 Å². The number of aromatic nitrogens is 4. The molecule has 2 N–H and O–H groups in total. The number of hydrogen-bond acceptors (Lipinski definition) is 16. The van der Waals surface area contributed by atoms with Crippen molar-refractivity contribution >= 4 is 36.0 Å². The summed E-state index contributed by atoms with van der Waals surface area (Å²) < 4.78 is 30.9. The molecular weight excluding hydrogens is 476 g/mol. The van der Waals surface area contributed by atoms with Crippen LogP contribution in [0.4, 0.5) is 23.6 Å². The van der Waals surface area contributed by atoms with Gasteiger partial charge in [0.05, 0.1) is 12.4 Å². The zero-order valence-electron chi connectivity index (χ0n) is 18.1. The fraction of sp³-hybridized carbons (Fsp3) is 0.100. The first-order chi connectivity index (χ1) is 17.8. The number of nitrogens with zero attached hydrogens (tertiary/aromatic N) is 8. The smallest absolute Gasteiger partial charge is 0.343 e. The summed E-state index contributed by atoms with van der Waals surface area (Å²) in [5.41, 5.74) is 6.84. The zero-order valence-corrected chi connectivity index (χ0v) is 18.1. The van der Waals surface area contributed by atoms with Crippen molar-refractivity contribution in [3.05, 3.63) is 47.5 Å². The van der Waals surface area contributed by atoms with Crippen LogP contribution in [0.1, 0.15) is 11.1 Å². The number of rotatable bonds is 8. The van der Waals surface area contributed by atoms with Crippen LogP contribution < -0.4 is 29.8 Å². The molecule has 2 aromatic heterocycles. The Morgan fingerprint density at radius 3 is 2.11 bits per heavy atom. The minimum atomic E-state index is -0.0754. The Hall–Kier alpha value is -5.54. The largest absolute Gasteiger partial charge is 0.454 e. The van der Waals surface area contributed by atoms with Crippen molar-refractivity contribution in [1.82, 2.24) is 20.5 Å². The summed E-state index contributed by atoms with van der Waals surface area (Å²) in [5, 5.41) is 26.9. The maximum absolute atomic E-state index is 5.33. The van der Waals surface area contributed by atoms with Crippen molar-refractivity contribution in [1.29, 1.82) is 0 Å². The van der Waals surface area contributed by atoms with E-state index in [0.717, 1.165) is 11.1 Å². The molecule has 16 nitrogen and oxygen atoms in total. The van der Waals surface area contributed by atoms with Crippen LogP contribution in [0.5, 0.6) is 23.0 Å². The van der Waals surface area contributed by atoms with E-state index in [2.05, 4.69) is 56.4 Å². The summed E-state index contributed by atoms with van der Waals surface area (Å²) >= 11 is 0. The van der Waals surface area contributed by atoms with Crippen molar-refractivity contribution in [3.8, 4) is 23.0 Å². The van der Waals surface area contributed by atoms with Crippen LogP contribution in [-0.4, -0.2) is 46.5 Å². The van der Waals surface area contributed by atoms with E-state index in [1.54, 1.807) is 36.7 Å². The predicted molar refractivity (Wildman–Crippen MR) is 120 cm³/mol. The van der Waals surface area contributed by atoms with Gasteiger partial charge in [-0.25, -0.2) is 10.1 Å². The highest BCUT2D eigenvalue weighted by Gasteiger charge is 2.14. The molecule has 0 saturated heterocycles. The van der Waals surface area contributed by atoms with Crippen molar-refractivity contribution in [2.24, 2.45) is 20.4 Å². The maximum Gasteiger partial charge on any atom is 0.343 e. The molecule has 0 amide bonds. The molecule has 180 valence electrons. The molecule has 0 radical (unpaired) electrons. The number of anilines is 2. The van der Waals surface area contributed by atoms with Crippen LogP contribution >= 0.6 is 0 Å². The van der Waals surface area contributed by atoms with Gasteiger partial charge in [0.1, 0.15) is 0 Å². The lowest BCUT2D eigenvalue weighted by Crippen LogP contribution is -1.93. The second-order valence-corrected chi connectivity index (χ2v) is 7.00. The summed E-state index contributed by atoms with van der Waals surface area (Å²) in [6.45, 7) is 0.392. The van der Waals surface area contributed by atoms with Gasteiger partial charge in [0, 0.05) is 0 Å². The molecule has 0 atom stereocenters. The average molecular weight is 490 g/mol. The zero-order chi connectivity index (χ0) is 24.2. The number of azo groups is 1. The second-order valence-electron chi connectivity index (χ2n) is 7.00. The lowest BCUT2D eigenvalue weighted by Gasteiger charge is -1.97. The second kappa shape index (κ2) is 9.37. The molecule has 0 fully saturated rings.